The van der Waals surface area contributed by atoms with Crippen LogP contribution in [0.4, 0.5) is 0 Å². The van der Waals surface area contributed by atoms with E-state index in [1.165, 1.54) is 5.56 Å². The summed E-state index contributed by atoms with van der Waals surface area (Å²) in [6.45, 7) is 19.6. The van der Waals surface area contributed by atoms with Gasteiger partial charge in [-0.25, -0.2) is 0 Å². The van der Waals surface area contributed by atoms with Crippen LogP contribution < -0.4 is 4.43 Å². The standard InChI is InChI=1S/C18H29Cl3OSi/c1-16(2,3)12-10-13(17(4,5)6)15(22-23(19,20)21)14(11-12)18(7,8)9/h10-11H,1-9H3. The highest BCUT2D eigenvalue weighted by atomic mass is 35.8. The van der Waals surface area contributed by atoms with E-state index in [4.69, 9.17) is 37.7 Å². The minimum Gasteiger partial charge on any atom is -0.507 e. The number of rotatable bonds is 2. The van der Waals surface area contributed by atoms with Crippen LogP contribution in [0.15, 0.2) is 12.1 Å². The first kappa shape index (κ1) is 21.2. The molecule has 0 unspecified atom stereocenters. The molecule has 5 heteroatoms. The molecule has 0 amide bonds. The number of benzene rings is 1. The summed E-state index contributed by atoms with van der Waals surface area (Å²) >= 11 is 18.3. The van der Waals surface area contributed by atoms with Gasteiger partial charge in [-0.05, 0) is 32.9 Å². The molecule has 0 radical (unpaired) electrons. The van der Waals surface area contributed by atoms with Crippen molar-refractivity contribution in [3.8, 4) is 5.75 Å². The zero-order chi connectivity index (χ0) is 18.4. The molecule has 132 valence electrons. The van der Waals surface area contributed by atoms with Gasteiger partial charge in [0.2, 0.25) is 0 Å². The van der Waals surface area contributed by atoms with Crippen LogP contribution in [0.5, 0.6) is 5.75 Å². The molecule has 0 aliphatic heterocycles. The van der Waals surface area contributed by atoms with E-state index in [-0.39, 0.29) is 16.2 Å². The lowest BCUT2D eigenvalue weighted by Gasteiger charge is -2.34. The predicted molar refractivity (Wildman–Crippen MR) is 106 cm³/mol. The third-order valence-electron chi connectivity index (χ3n) is 3.79. The number of halogens is 3. The van der Waals surface area contributed by atoms with Gasteiger partial charge in [-0.15, -0.1) is 0 Å². The summed E-state index contributed by atoms with van der Waals surface area (Å²) in [5.74, 6) is 0.740. The first-order valence-electron chi connectivity index (χ1n) is 7.88. The molecule has 0 aliphatic carbocycles. The van der Waals surface area contributed by atoms with Crippen LogP contribution in [0.3, 0.4) is 0 Å². The summed E-state index contributed by atoms with van der Waals surface area (Å²) in [5.41, 5.74) is 3.27. The molecule has 1 aromatic rings. The van der Waals surface area contributed by atoms with Crippen LogP contribution in [0, 0.1) is 0 Å². The minimum atomic E-state index is -3.27. The summed E-state index contributed by atoms with van der Waals surface area (Å²) in [6, 6.07) is 4.41. The van der Waals surface area contributed by atoms with Crippen LogP contribution in [-0.4, -0.2) is 6.25 Å². The molecule has 23 heavy (non-hydrogen) atoms. The summed E-state index contributed by atoms with van der Waals surface area (Å²) < 4.78 is 5.92. The molecule has 0 bridgehead atoms. The molecule has 0 aliphatic rings. The summed E-state index contributed by atoms with van der Waals surface area (Å²) in [7, 11) is 0. The second-order valence-electron chi connectivity index (χ2n) is 9.20. The van der Waals surface area contributed by atoms with Crippen LogP contribution >= 0.6 is 33.2 Å². The largest absolute Gasteiger partial charge is 0.555 e. The van der Waals surface area contributed by atoms with Crippen molar-refractivity contribution in [1.82, 2.24) is 0 Å². The Morgan fingerprint density at radius 3 is 1.26 bits per heavy atom. The van der Waals surface area contributed by atoms with Gasteiger partial charge >= 0.3 is 6.25 Å². The average molecular weight is 396 g/mol. The first-order chi connectivity index (χ1) is 9.93. The molecule has 0 aromatic heterocycles. The van der Waals surface area contributed by atoms with Crippen LogP contribution in [0.25, 0.3) is 0 Å². The lowest BCUT2D eigenvalue weighted by molar-refractivity contribution is 0.487. The van der Waals surface area contributed by atoms with Gasteiger partial charge in [0.15, 0.2) is 0 Å². The second-order valence-corrected chi connectivity index (χ2v) is 16.8. The lowest BCUT2D eigenvalue weighted by Crippen LogP contribution is -2.28. The predicted octanol–water partition coefficient (Wildman–Crippen LogP) is 7.11. The fourth-order valence-corrected chi connectivity index (χ4v) is 3.55. The van der Waals surface area contributed by atoms with Gasteiger partial charge in [-0.3, -0.25) is 0 Å². The monoisotopic (exact) mass is 394 g/mol. The van der Waals surface area contributed by atoms with E-state index in [1.807, 2.05) is 0 Å². The Balaban J connectivity index is 3.82. The lowest BCUT2D eigenvalue weighted by atomic mass is 9.75. The topological polar surface area (TPSA) is 9.23 Å². The molecule has 1 rings (SSSR count). The van der Waals surface area contributed by atoms with Gasteiger partial charge in [-0.2, -0.15) is 0 Å². The van der Waals surface area contributed by atoms with E-state index in [9.17, 15) is 0 Å². The molecular formula is C18H29Cl3OSi. The highest BCUT2D eigenvalue weighted by Crippen LogP contribution is 2.44. The van der Waals surface area contributed by atoms with Crippen molar-refractivity contribution in [2.45, 2.75) is 78.6 Å². The fourth-order valence-electron chi connectivity index (χ4n) is 2.40. The molecule has 0 spiro atoms. The zero-order valence-corrected chi connectivity index (χ0v) is 19.0. The maximum atomic E-state index is 6.09. The van der Waals surface area contributed by atoms with Gasteiger partial charge in [0.1, 0.15) is 5.75 Å². The third kappa shape index (κ3) is 5.84. The van der Waals surface area contributed by atoms with E-state index in [0.29, 0.717) is 0 Å². The highest BCUT2D eigenvalue weighted by Gasteiger charge is 2.36. The molecule has 1 aromatic carbocycles. The van der Waals surface area contributed by atoms with E-state index in [2.05, 4.69) is 74.4 Å². The molecule has 0 saturated heterocycles. The van der Waals surface area contributed by atoms with Crippen molar-refractivity contribution >= 4 is 39.5 Å². The maximum Gasteiger partial charge on any atom is 0.555 e. The van der Waals surface area contributed by atoms with Gasteiger partial charge in [-0.1, -0.05) is 108 Å². The normalized spacial score (nSPS) is 14.1. The van der Waals surface area contributed by atoms with E-state index < -0.39 is 6.25 Å². The smallest absolute Gasteiger partial charge is 0.507 e. The van der Waals surface area contributed by atoms with Gasteiger partial charge < -0.3 is 4.43 Å². The second kappa shape index (κ2) is 6.44. The van der Waals surface area contributed by atoms with Crippen LogP contribution in [-0.2, 0) is 16.2 Å². The fraction of sp³-hybridized carbons (Fsp3) is 0.667. The Labute approximate surface area is 156 Å². The molecule has 0 saturated carbocycles. The molecule has 0 fully saturated rings. The summed E-state index contributed by atoms with van der Waals surface area (Å²) in [4.78, 5) is 0. The first-order valence-corrected chi connectivity index (χ1v) is 12.8. The zero-order valence-electron chi connectivity index (χ0n) is 15.7. The molecular weight excluding hydrogens is 367 g/mol. The van der Waals surface area contributed by atoms with Gasteiger partial charge in [0.05, 0.1) is 0 Å². The van der Waals surface area contributed by atoms with E-state index in [0.717, 1.165) is 16.9 Å². The Hall–Kier alpha value is 0.107. The van der Waals surface area contributed by atoms with E-state index >= 15 is 0 Å². The minimum absolute atomic E-state index is 0.0376. The SMILES string of the molecule is CC(C)(C)c1cc(C(C)(C)C)c(O[Si](Cl)(Cl)Cl)c(C(C)(C)C)c1. The highest BCUT2D eigenvalue weighted by molar-refractivity contribution is 7.62. The van der Waals surface area contributed by atoms with Crippen molar-refractivity contribution in [1.29, 1.82) is 0 Å². The molecule has 0 atom stereocenters. The third-order valence-corrected chi connectivity index (χ3v) is 4.92. The molecule has 0 heterocycles. The van der Waals surface area contributed by atoms with Crippen molar-refractivity contribution in [3.05, 3.63) is 28.8 Å². The quantitative estimate of drug-likeness (QED) is 0.383. The maximum absolute atomic E-state index is 6.09. The van der Waals surface area contributed by atoms with Crippen molar-refractivity contribution < 1.29 is 4.43 Å². The molecule has 0 N–H and O–H groups in total. The Bertz CT molecular complexity index is 535. The van der Waals surface area contributed by atoms with Crippen LogP contribution in [0.1, 0.15) is 79.0 Å². The van der Waals surface area contributed by atoms with Crippen molar-refractivity contribution in [2.24, 2.45) is 0 Å². The van der Waals surface area contributed by atoms with Gasteiger partial charge in [0, 0.05) is 0 Å². The van der Waals surface area contributed by atoms with Crippen LogP contribution in [0.2, 0.25) is 0 Å². The Kier molecular flexibility index (Phi) is 5.92. The number of hydrogen-bond acceptors (Lipinski definition) is 1. The average Bonchev–Trinajstić information content (AvgIpc) is 2.21. The summed E-state index contributed by atoms with van der Waals surface area (Å²) in [6.07, 6.45) is -3.27. The Morgan fingerprint density at radius 2 is 1.04 bits per heavy atom. The molecule has 1 nitrogen and oxygen atoms in total. The van der Waals surface area contributed by atoms with E-state index in [1.54, 1.807) is 0 Å². The van der Waals surface area contributed by atoms with Gasteiger partial charge in [0.25, 0.3) is 0 Å². The van der Waals surface area contributed by atoms with Crippen molar-refractivity contribution in [3.63, 3.8) is 0 Å². The van der Waals surface area contributed by atoms with Crippen molar-refractivity contribution in [2.75, 3.05) is 0 Å². The Morgan fingerprint density at radius 1 is 0.696 bits per heavy atom. The summed E-state index contributed by atoms with van der Waals surface area (Å²) in [5, 5.41) is 0. The number of hydrogen-bond donors (Lipinski definition) is 0.